The van der Waals surface area contributed by atoms with Crippen LogP contribution in [0.5, 0.6) is 5.75 Å². The van der Waals surface area contributed by atoms with E-state index in [2.05, 4.69) is 0 Å². The van der Waals surface area contributed by atoms with Crippen LogP contribution in [0.3, 0.4) is 0 Å². The second-order valence-corrected chi connectivity index (χ2v) is 4.64. The fourth-order valence-corrected chi connectivity index (χ4v) is 2.46. The first-order chi connectivity index (χ1) is 7.72. The monoisotopic (exact) mass is 253 g/mol. The third-order valence-corrected chi connectivity index (χ3v) is 3.37. The Balaban J connectivity index is 2.42. The molecule has 0 aliphatic heterocycles. The molecular weight excluding hydrogens is 242 g/mol. The van der Waals surface area contributed by atoms with Gasteiger partial charge in [0, 0.05) is 10.6 Å². The average molecular weight is 254 g/mol. The molecule has 0 aliphatic carbocycles. The van der Waals surface area contributed by atoms with Gasteiger partial charge in [-0.3, -0.25) is 0 Å². The number of halogens is 1. The summed E-state index contributed by atoms with van der Waals surface area (Å²) in [5, 5.41) is 4.71. The van der Waals surface area contributed by atoms with E-state index in [1.54, 1.807) is 24.5 Å². The summed E-state index contributed by atoms with van der Waals surface area (Å²) in [5.74, 6) is 0.767. The smallest absolute Gasteiger partial charge is 0.124 e. The summed E-state index contributed by atoms with van der Waals surface area (Å²) in [5.41, 5.74) is 8.16. The molecule has 2 N–H and O–H groups in total. The standard InChI is InChI=1S/C12H12ClNOS/c1-15-11-3-2-9(13)6-10(11)12(14)8-4-5-16-7-8/h2-7,12H,14H2,1H3/t12-/m0/s1. The van der Waals surface area contributed by atoms with Gasteiger partial charge in [-0.2, -0.15) is 11.3 Å². The third-order valence-electron chi connectivity index (χ3n) is 2.43. The molecule has 2 aromatic rings. The number of hydrogen-bond acceptors (Lipinski definition) is 3. The Bertz CT molecular complexity index is 470. The molecule has 2 rings (SSSR count). The summed E-state index contributed by atoms with van der Waals surface area (Å²) >= 11 is 7.60. The molecule has 0 bridgehead atoms. The van der Waals surface area contributed by atoms with Crippen LogP contribution in [0, 0.1) is 0 Å². The molecule has 84 valence electrons. The highest BCUT2D eigenvalue weighted by Crippen LogP contribution is 2.31. The molecule has 0 spiro atoms. The second-order valence-electron chi connectivity index (χ2n) is 3.42. The Morgan fingerprint density at radius 3 is 2.81 bits per heavy atom. The molecule has 0 radical (unpaired) electrons. The Morgan fingerprint density at radius 2 is 2.19 bits per heavy atom. The van der Waals surface area contributed by atoms with Crippen LogP contribution >= 0.6 is 22.9 Å². The molecule has 1 atom stereocenters. The van der Waals surface area contributed by atoms with Crippen LogP contribution in [-0.2, 0) is 0 Å². The van der Waals surface area contributed by atoms with Gasteiger partial charge < -0.3 is 10.5 Å². The summed E-state index contributed by atoms with van der Waals surface area (Å²) < 4.78 is 5.28. The van der Waals surface area contributed by atoms with Gasteiger partial charge in [0.15, 0.2) is 0 Å². The van der Waals surface area contributed by atoms with Crippen LogP contribution in [0.4, 0.5) is 0 Å². The zero-order chi connectivity index (χ0) is 11.5. The maximum absolute atomic E-state index is 6.17. The number of methoxy groups -OCH3 is 1. The fraction of sp³-hybridized carbons (Fsp3) is 0.167. The van der Waals surface area contributed by atoms with Gasteiger partial charge >= 0.3 is 0 Å². The molecule has 0 amide bonds. The Kier molecular flexibility index (Phi) is 3.49. The minimum Gasteiger partial charge on any atom is -0.496 e. The third kappa shape index (κ3) is 2.21. The van der Waals surface area contributed by atoms with Crippen LogP contribution in [0.2, 0.25) is 5.02 Å². The second kappa shape index (κ2) is 4.87. The van der Waals surface area contributed by atoms with E-state index in [-0.39, 0.29) is 6.04 Å². The first-order valence-corrected chi connectivity index (χ1v) is 6.15. The Labute approximate surface area is 104 Å². The number of nitrogens with two attached hydrogens (primary N) is 1. The molecule has 1 heterocycles. The number of hydrogen-bond donors (Lipinski definition) is 1. The van der Waals surface area contributed by atoms with Crippen molar-refractivity contribution in [3.63, 3.8) is 0 Å². The van der Waals surface area contributed by atoms with Crippen LogP contribution < -0.4 is 10.5 Å². The number of ether oxygens (including phenoxy) is 1. The first-order valence-electron chi connectivity index (χ1n) is 4.83. The average Bonchev–Trinajstić information content (AvgIpc) is 2.81. The molecule has 4 heteroatoms. The van der Waals surface area contributed by atoms with E-state index in [1.165, 1.54) is 0 Å². The van der Waals surface area contributed by atoms with Gasteiger partial charge in [-0.1, -0.05) is 11.6 Å². The van der Waals surface area contributed by atoms with Gasteiger partial charge in [-0.25, -0.2) is 0 Å². The van der Waals surface area contributed by atoms with Crippen LogP contribution in [0.25, 0.3) is 0 Å². The lowest BCUT2D eigenvalue weighted by Gasteiger charge is -2.15. The molecule has 0 fully saturated rings. The molecule has 1 aromatic heterocycles. The highest BCUT2D eigenvalue weighted by molar-refractivity contribution is 7.08. The van der Waals surface area contributed by atoms with E-state index in [4.69, 9.17) is 22.1 Å². The van der Waals surface area contributed by atoms with Crippen molar-refractivity contribution in [2.24, 2.45) is 5.73 Å². The molecule has 16 heavy (non-hydrogen) atoms. The van der Waals surface area contributed by atoms with Gasteiger partial charge in [0.1, 0.15) is 5.75 Å². The SMILES string of the molecule is COc1ccc(Cl)cc1[C@@H](N)c1ccsc1. The molecule has 2 nitrogen and oxygen atoms in total. The minimum atomic E-state index is -0.195. The predicted octanol–water partition coefficient (Wildman–Crippen LogP) is 3.46. The van der Waals surface area contributed by atoms with Crippen molar-refractivity contribution < 1.29 is 4.74 Å². The summed E-state index contributed by atoms with van der Waals surface area (Å²) in [6, 6.07) is 7.30. The van der Waals surface area contributed by atoms with Gasteiger partial charge in [-0.05, 0) is 40.6 Å². The minimum absolute atomic E-state index is 0.195. The van der Waals surface area contributed by atoms with Gasteiger partial charge in [0.25, 0.3) is 0 Å². The van der Waals surface area contributed by atoms with Crippen molar-refractivity contribution in [1.82, 2.24) is 0 Å². The number of thiophene rings is 1. The Morgan fingerprint density at radius 1 is 1.38 bits per heavy atom. The van der Waals surface area contributed by atoms with E-state index in [0.29, 0.717) is 5.02 Å². The maximum atomic E-state index is 6.17. The van der Waals surface area contributed by atoms with Crippen molar-refractivity contribution >= 4 is 22.9 Å². The molecule has 1 aromatic carbocycles. The summed E-state index contributed by atoms with van der Waals surface area (Å²) in [4.78, 5) is 0. The lowest BCUT2D eigenvalue weighted by molar-refractivity contribution is 0.408. The van der Waals surface area contributed by atoms with E-state index < -0.39 is 0 Å². The quantitative estimate of drug-likeness (QED) is 0.909. The maximum Gasteiger partial charge on any atom is 0.124 e. The zero-order valence-corrected chi connectivity index (χ0v) is 10.4. The van der Waals surface area contributed by atoms with E-state index in [0.717, 1.165) is 16.9 Å². The van der Waals surface area contributed by atoms with Gasteiger partial charge in [-0.15, -0.1) is 0 Å². The number of rotatable bonds is 3. The van der Waals surface area contributed by atoms with Gasteiger partial charge in [0.2, 0.25) is 0 Å². The topological polar surface area (TPSA) is 35.2 Å². The zero-order valence-electron chi connectivity index (χ0n) is 8.81. The molecule has 0 unspecified atom stereocenters. The number of benzene rings is 1. The Hall–Kier alpha value is -1.03. The van der Waals surface area contributed by atoms with E-state index in [9.17, 15) is 0 Å². The first kappa shape index (κ1) is 11.5. The van der Waals surface area contributed by atoms with Crippen LogP contribution in [0.15, 0.2) is 35.0 Å². The molecule has 0 saturated carbocycles. The van der Waals surface area contributed by atoms with Crippen molar-refractivity contribution in [3.05, 3.63) is 51.2 Å². The predicted molar refractivity (Wildman–Crippen MR) is 68.4 cm³/mol. The largest absolute Gasteiger partial charge is 0.496 e. The fourth-order valence-electron chi connectivity index (χ4n) is 1.58. The van der Waals surface area contributed by atoms with Gasteiger partial charge in [0.05, 0.1) is 13.2 Å². The lowest BCUT2D eigenvalue weighted by Crippen LogP contribution is -2.12. The van der Waals surface area contributed by atoms with Crippen LogP contribution in [0.1, 0.15) is 17.2 Å². The van der Waals surface area contributed by atoms with Crippen LogP contribution in [-0.4, -0.2) is 7.11 Å². The normalized spacial score (nSPS) is 12.4. The molecular formula is C12H12ClNOS. The van der Waals surface area contributed by atoms with Crippen molar-refractivity contribution in [2.75, 3.05) is 7.11 Å². The van der Waals surface area contributed by atoms with Crippen molar-refractivity contribution in [3.8, 4) is 5.75 Å². The summed E-state index contributed by atoms with van der Waals surface area (Å²) in [6.45, 7) is 0. The molecule has 0 saturated heterocycles. The summed E-state index contributed by atoms with van der Waals surface area (Å²) in [6.07, 6.45) is 0. The summed E-state index contributed by atoms with van der Waals surface area (Å²) in [7, 11) is 1.63. The van der Waals surface area contributed by atoms with Crippen molar-refractivity contribution in [2.45, 2.75) is 6.04 Å². The van der Waals surface area contributed by atoms with Crippen molar-refractivity contribution in [1.29, 1.82) is 0 Å². The van der Waals surface area contributed by atoms with E-state index >= 15 is 0 Å². The lowest BCUT2D eigenvalue weighted by atomic mass is 10.0. The highest BCUT2D eigenvalue weighted by Gasteiger charge is 2.14. The molecule has 0 aliphatic rings. The van der Waals surface area contributed by atoms with E-state index in [1.807, 2.05) is 29.0 Å². The highest BCUT2D eigenvalue weighted by atomic mass is 35.5.